The number of fused-ring (bicyclic) bond motifs is 1. The highest BCUT2D eigenvalue weighted by Crippen LogP contribution is 2.66. The Morgan fingerprint density at radius 3 is 2.67 bits per heavy atom. The van der Waals surface area contributed by atoms with Crippen molar-refractivity contribution < 1.29 is 9.53 Å². The molecule has 0 aromatic heterocycles. The SMILES string of the molecule is C[C@]12CCCC[C@@H]1[C@H]2C(=O)N/N=C/c1ccc(OCc2ccccc2)cc1. The molecule has 4 nitrogen and oxygen atoms in total. The molecule has 2 aliphatic carbocycles. The third kappa shape index (κ3) is 3.90. The summed E-state index contributed by atoms with van der Waals surface area (Å²) in [6.07, 6.45) is 6.55. The van der Waals surface area contributed by atoms with Gasteiger partial charge in [0.15, 0.2) is 0 Å². The summed E-state index contributed by atoms with van der Waals surface area (Å²) in [5.74, 6) is 1.59. The lowest BCUT2D eigenvalue weighted by atomic mass is 9.90. The molecule has 2 aliphatic rings. The van der Waals surface area contributed by atoms with E-state index in [2.05, 4.69) is 17.5 Å². The van der Waals surface area contributed by atoms with Crippen molar-refractivity contribution in [3.63, 3.8) is 0 Å². The summed E-state index contributed by atoms with van der Waals surface area (Å²) in [7, 11) is 0. The lowest BCUT2D eigenvalue weighted by Crippen LogP contribution is -2.22. The van der Waals surface area contributed by atoms with Gasteiger partial charge in [0.05, 0.1) is 6.21 Å². The molecule has 4 heteroatoms. The minimum atomic E-state index is 0.0727. The number of rotatable bonds is 6. The molecule has 140 valence electrons. The standard InChI is InChI=1S/C23H26N2O2/c1-23-14-6-5-9-20(23)21(23)22(26)25-24-15-17-10-12-19(13-11-17)27-16-18-7-3-2-4-8-18/h2-4,7-8,10-13,15,20-21H,5-6,9,14,16H2,1H3,(H,25,26)/b24-15+/t20-,21+,23+/m1/s1. The van der Waals surface area contributed by atoms with E-state index < -0.39 is 0 Å². The van der Waals surface area contributed by atoms with Crippen LogP contribution in [0.25, 0.3) is 0 Å². The molecular weight excluding hydrogens is 336 g/mol. The van der Waals surface area contributed by atoms with Gasteiger partial charge in [-0.15, -0.1) is 0 Å². The minimum Gasteiger partial charge on any atom is -0.489 e. The average molecular weight is 362 g/mol. The first-order valence-corrected chi connectivity index (χ1v) is 9.76. The number of ether oxygens (including phenoxy) is 1. The molecule has 2 saturated carbocycles. The Labute approximate surface area is 160 Å². The van der Waals surface area contributed by atoms with Crippen LogP contribution in [-0.4, -0.2) is 12.1 Å². The van der Waals surface area contributed by atoms with Gasteiger partial charge in [-0.1, -0.05) is 50.1 Å². The molecule has 4 rings (SSSR count). The molecule has 0 saturated heterocycles. The second kappa shape index (κ2) is 7.55. The van der Waals surface area contributed by atoms with Gasteiger partial charge in [-0.3, -0.25) is 4.79 Å². The van der Waals surface area contributed by atoms with Gasteiger partial charge < -0.3 is 4.74 Å². The summed E-state index contributed by atoms with van der Waals surface area (Å²) >= 11 is 0. The van der Waals surface area contributed by atoms with E-state index in [0.717, 1.165) is 16.9 Å². The van der Waals surface area contributed by atoms with Crippen LogP contribution in [0, 0.1) is 17.3 Å². The van der Waals surface area contributed by atoms with Gasteiger partial charge in [-0.05, 0) is 59.6 Å². The van der Waals surface area contributed by atoms with Crippen molar-refractivity contribution in [1.82, 2.24) is 5.43 Å². The van der Waals surface area contributed by atoms with Crippen molar-refractivity contribution in [2.24, 2.45) is 22.4 Å². The van der Waals surface area contributed by atoms with Crippen molar-refractivity contribution in [3.8, 4) is 5.75 Å². The van der Waals surface area contributed by atoms with E-state index in [1.54, 1.807) is 6.21 Å². The molecule has 2 aromatic carbocycles. The summed E-state index contributed by atoms with van der Waals surface area (Å²) in [4.78, 5) is 12.4. The second-order valence-electron chi connectivity index (χ2n) is 7.91. The molecule has 2 fully saturated rings. The third-order valence-electron chi connectivity index (χ3n) is 6.13. The van der Waals surface area contributed by atoms with Crippen LogP contribution in [0.15, 0.2) is 59.7 Å². The minimum absolute atomic E-state index is 0.0727. The zero-order chi connectivity index (χ0) is 18.7. The zero-order valence-corrected chi connectivity index (χ0v) is 15.7. The van der Waals surface area contributed by atoms with Gasteiger partial charge in [0.2, 0.25) is 5.91 Å². The number of carbonyl (C=O) groups is 1. The number of benzene rings is 2. The van der Waals surface area contributed by atoms with Gasteiger partial charge in [-0.25, -0.2) is 5.43 Å². The Morgan fingerprint density at radius 1 is 1.19 bits per heavy atom. The average Bonchev–Trinajstić information content (AvgIpc) is 3.33. The predicted molar refractivity (Wildman–Crippen MR) is 107 cm³/mol. The molecular formula is C23H26N2O2. The molecule has 0 unspecified atom stereocenters. The number of hydrazone groups is 1. The van der Waals surface area contributed by atoms with Crippen molar-refractivity contribution in [1.29, 1.82) is 0 Å². The van der Waals surface area contributed by atoms with Crippen LogP contribution < -0.4 is 10.2 Å². The first kappa shape index (κ1) is 17.8. The van der Waals surface area contributed by atoms with E-state index >= 15 is 0 Å². The van der Waals surface area contributed by atoms with E-state index in [-0.39, 0.29) is 17.2 Å². The fraction of sp³-hybridized carbons (Fsp3) is 0.391. The molecule has 1 amide bonds. The first-order chi connectivity index (χ1) is 13.2. The zero-order valence-electron chi connectivity index (χ0n) is 15.7. The maximum Gasteiger partial charge on any atom is 0.244 e. The van der Waals surface area contributed by atoms with Crippen LogP contribution in [0.1, 0.15) is 43.7 Å². The highest BCUT2D eigenvalue weighted by atomic mass is 16.5. The van der Waals surface area contributed by atoms with E-state index in [1.807, 2.05) is 54.6 Å². The van der Waals surface area contributed by atoms with Gasteiger partial charge in [0, 0.05) is 5.92 Å². The molecule has 0 bridgehead atoms. The van der Waals surface area contributed by atoms with Crippen LogP contribution in [0.2, 0.25) is 0 Å². The Kier molecular flexibility index (Phi) is 4.97. The normalized spacial score (nSPS) is 26.4. The number of amides is 1. The Morgan fingerprint density at radius 2 is 1.96 bits per heavy atom. The summed E-state index contributed by atoms with van der Waals surface area (Å²) in [5, 5.41) is 4.15. The predicted octanol–water partition coefficient (Wildman–Crippen LogP) is 4.54. The largest absolute Gasteiger partial charge is 0.489 e. The van der Waals surface area contributed by atoms with Gasteiger partial charge in [-0.2, -0.15) is 5.10 Å². The molecule has 0 radical (unpaired) electrons. The smallest absolute Gasteiger partial charge is 0.244 e. The molecule has 3 atom stereocenters. The highest BCUT2D eigenvalue weighted by Gasteiger charge is 2.64. The monoisotopic (exact) mass is 362 g/mol. The molecule has 27 heavy (non-hydrogen) atoms. The lowest BCUT2D eigenvalue weighted by Gasteiger charge is -2.15. The van der Waals surface area contributed by atoms with E-state index in [0.29, 0.717) is 12.5 Å². The summed E-state index contributed by atoms with van der Waals surface area (Å²) in [5.41, 5.74) is 5.02. The topological polar surface area (TPSA) is 50.7 Å². The molecule has 0 heterocycles. The van der Waals surface area contributed by atoms with Gasteiger partial charge >= 0.3 is 0 Å². The highest BCUT2D eigenvalue weighted by molar-refractivity contribution is 5.85. The van der Waals surface area contributed by atoms with Crippen LogP contribution in [-0.2, 0) is 11.4 Å². The molecule has 2 aromatic rings. The van der Waals surface area contributed by atoms with Crippen LogP contribution >= 0.6 is 0 Å². The lowest BCUT2D eigenvalue weighted by molar-refractivity contribution is -0.123. The van der Waals surface area contributed by atoms with Crippen molar-refractivity contribution >= 4 is 12.1 Å². The summed E-state index contributed by atoms with van der Waals surface area (Å²) in [6, 6.07) is 17.8. The van der Waals surface area contributed by atoms with Gasteiger partial charge in [0.1, 0.15) is 12.4 Å². The number of hydrogen-bond donors (Lipinski definition) is 1. The maximum atomic E-state index is 12.4. The third-order valence-corrected chi connectivity index (χ3v) is 6.13. The molecule has 1 N–H and O–H groups in total. The first-order valence-electron chi connectivity index (χ1n) is 9.76. The fourth-order valence-electron chi connectivity index (χ4n) is 4.48. The van der Waals surface area contributed by atoms with E-state index in [1.165, 1.54) is 25.7 Å². The summed E-state index contributed by atoms with van der Waals surface area (Å²) in [6.45, 7) is 2.80. The van der Waals surface area contributed by atoms with Crippen molar-refractivity contribution in [3.05, 3.63) is 65.7 Å². The maximum absolute atomic E-state index is 12.4. The van der Waals surface area contributed by atoms with Crippen molar-refractivity contribution in [2.45, 2.75) is 39.2 Å². The number of hydrogen-bond acceptors (Lipinski definition) is 3. The van der Waals surface area contributed by atoms with Crippen molar-refractivity contribution in [2.75, 3.05) is 0 Å². The van der Waals surface area contributed by atoms with Gasteiger partial charge in [0.25, 0.3) is 0 Å². The van der Waals surface area contributed by atoms with Crippen LogP contribution in [0.4, 0.5) is 0 Å². The number of carbonyl (C=O) groups excluding carboxylic acids is 1. The van der Waals surface area contributed by atoms with E-state index in [9.17, 15) is 4.79 Å². The Hall–Kier alpha value is -2.62. The van der Waals surface area contributed by atoms with E-state index in [4.69, 9.17) is 4.74 Å². The Balaban J connectivity index is 1.26. The number of nitrogens with zero attached hydrogens (tertiary/aromatic N) is 1. The Bertz CT molecular complexity index is 816. The second-order valence-corrected chi connectivity index (χ2v) is 7.91. The van der Waals surface area contributed by atoms with Crippen LogP contribution in [0.3, 0.4) is 0 Å². The molecule has 0 aliphatic heterocycles. The summed E-state index contributed by atoms with van der Waals surface area (Å²) < 4.78 is 5.78. The number of nitrogens with one attached hydrogen (secondary N) is 1. The fourth-order valence-corrected chi connectivity index (χ4v) is 4.48. The molecule has 0 spiro atoms. The quantitative estimate of drug-likeness (QED) is 0.606. The van der Waals surface area contributed by atoms with Crippen LogP contribution in [0.5, 0.6) is 5.75 Å².